The molecule has 3 atom stereocenters. The summed E-state index contributed by atoms with van der Waals surface area (Å²) in [4.78, 5) is 11.0. The Morgan fingerprint density at radius 2 is 1.68 bits per heavy atom. The summed E-state index contributed by atoms with van der Waals surface area (Å²) in [5, 5.41) is 20.3. The number of esters is 1. The number of hydrogen-bond acceptors (Lipinski definition) is 5. The van der Waals surface area contributed by atoms with Crippen molar-refractivity contribution in [2.45, 2.75) is 95.9 Å². The molecule has 5 heteroatoms. The van der Waals surface area contributed by atoms with Crippen molar-refractivity contribution in [3.8, 4) is 0 Å². The van der Waals surface area contributed by atoms with E-state index in [4.69, 9.17) is 4.74 Å². The average Bonchev–Trinajstić information content (AvgIpc) is 2.60. The van der Waals surface area contributed by atoms with Gasteiger partial charge in [0.2, 0.25) is 0 Å². The maximum absolute atomic E-state index is 11.0. The largest absolute Gasteiger partial charge is 0.469 e. The van der Waals surface area contributed by atoms with Gasteiger partial charge < -0.3 is 19.7 Å². The summed E-state index contributed by atoms with van der Waals surface area (Å²) in [7, 11) is 2.94. The quantitative estimate of drug-likeness (QED) is 0.250. The fraction of sp³-hybridized carbons (Fsp3) is 0.850. The molecule has 0 amide bonds. The van der Waals surface area contributed by atoms with Crippen LogP contribution in [0, 0.1) is 0 Å². The Morgan fingerprint density at radius 1 is 1.00 bits per heavy atom. The number of hydrogen-bond donors (Lipinski definition) is 2. The van der Waals surface area contributed by atoms with Gasteiger partial charge in [-0.05, 0) is 25.7 Å². The van der Waals surface area contributed by atoms with E-state index in [1.807, 2.05) is 6.08 Å². The third kappa shape index (κ3) is 13.0. The summed E-state index contributed by atoms with van der Waals surface area (Å²) in [5.41, 5.74) is 0. The minimum atomic E-state index is -0.776. The number of aliphatic hydroxyl groups excluding tert-OH is 2. The third-order valence-corrected chi connectivity index (χ3v) is 4.40. The predicted molar refractivity (Wildman–Crippen MR) is 100 cm³/mol. The lowest BCUT2D eigenvalue weighted by molar-refractivity contribution is -0.140. The Labute approximate surface area is 153 Å². The van der Waals surface area contributed by atoms with Crippen LogP contribution in [0.2, 0.25) is 0 Å². The number of carbonyl (C=O) groups is 1. The summed E-state index contributed by atoms with van der Waals surface area (Å²) in [6.45, 7) is 2.12. The van der Waals surface area contributed by atoms with Crippen molar-refractivity contribution in [1.29, 1.82) is 0 Å². The number of allylic oxidation sites excluding steroid dienone is 1. The SMILES string of the molecule is CCCCCC(O)C(OC)C(O)C=CCCCCCCCC(=O)OC. The maximum atomic E-state index is 11.0. The molecule has 0 aromatic rings. The zero-order valence-corrected chi connectivity index (χ0v) is 16.3. The smallest absolute Gasteiger partial charge is 0.305 e. The Kier molecular flexibility index (Phi) is 16.0. The van der Waals surface area contributed by atoms with Gasteiger partial charge in [-0.1, -0.05) is 57.6 Å². The lowest BCUT2D eigenvalue weighted by Crippen LogP contribution is -2.38. The molecular formula is C20H38O5. The molecule has 0 aromatic carbocycles. The minimum Gasteiger partial charge on any atom is -0.469 e. The number of rotatable bonds is 16. The van der Waals surface area contributed by atoms with Gasteiger partial charge in [-0.25, -0.2) is 0 Å². The lowest BCUT2D eigenvalue weighted by atomic mass is 10.0. The highest BCUT2D eigenvalue weighted by Gasteiger charge is 2.24. The lowest BCUT2D eigenvalue weighted by Gasteiger charge is -2.24. The van der Waals surface area contributed by atoms with Crippen LogP contribution in [0.5, 0.6) is 0 Å². The first-order chi connectivity index (χ1) is 12.1. The molecule has 148 valence electrons. The van der Waals surface area contributed by atoms with E-state index >= 15 is 0 Å². The van der Waals surface area contributed by atoms with Crippen LogP contribution in [-0.4, -0.2) is 48.7 Å². The first-order valence-corrected chi connectivity index (χ1v) is 9.69. The number of methoxy groups -OCH3 is 2. The molecule has 2 N–H and O–H groups in total. The van der Waals surface area contributed by atoms with E-state index in [1.165, 1.54) is 14.2 Å². The molecule has 0 bridgehead atoms. The van der Waals surface area contributed by atoms with Crippen molar-refractivity contribution in [2.24, 2.45) is 0 Å². The summed E-state index contributed by atoms with van der Waals surface area (Å²) in [6.07, 6.45) is 12.1. The Hall–Kier alpha value is -0.910. The van der Waals surface area contributed by atoms with E-state index in [0.717, 1.165) is 57.8 Å². The first kappa shape index (κ1) is 24.1. The second kappa shape index (κ2) is 16.6. The molecule has 0 aliphatic carbocycles. The van der Waals surface area contributed by atoms with Crippen LogP contribution in [0.4, 0.5) is 0 Å². The van der Waals surface area contributed by atoms with Gasteiger partial charge in [0, 0.05) is 13.5 Å². The van der Waals surface area contributed by atoms with Gasteiger partial charge in [0.15, 0.2) is 0 Å². The van der Waals surface area contributed by atoms with Crippen LogP contribution in [0.3, 0.4) is 0 Å². The maximum Gasteiger partial charge on any atom is 0.305 e. The van der Waals surface area contributed by atoms with Crippen LogP contribution < -0.4 is 0 Å². The molecule has 0 heterocycles. The molecule has 0 aliphatic rings. The molecule has 0 saturated carbocycles. The molecule has 0 radical (unpaired) electrons. The van der Waals surface area contributed by atoms with Gasteiger partial charge in [-0.3, -0.25) is 4.79 Å². The highest BCUT2D eigenvalue weighted by Crippen LogP contribution is 2.14. The van der Waals surface area contributed by atoms with Crippen LogP contribution in [0.25, 0.3) is 0 Å². The van der Waals surface area contributed by atoms with Gasteiger partial charge >= 0.3 is 5.97 Å². The fourth-order valence-corrected chi connectivity index (χ4v) is 2.80. The molecule has 5 nitrogen and oxygen atoms in total. The van der Waals surface area contributed by atoms with Gasteiger partial charge in [0.05, 0.1) is 13.2 Å². The second-order valence-corrected chi connectivity index (χ2v) is 6.56. The Balaban J connectivity index is 3.81. The van der Waals surface area contributed by atoms with Gasteiger partial charge in [-0.2, -0.15) is 0 Å². The topological polar surface area (TPSA) is 76.0 Å². The van der Waals surface area contributed by atoms with E-state index in [9.17, 15) is 15.0 Å². The van der Waals surface area contributed by atoms with Crippen molar-refractivity contribution in [3.05, 3.63) is 12.2 Å². The van der Waals surface area contributed by atoms with Gasteiger partial charge in [-0.15, -0.1) is 0 Å². The van der Waals surface area contributed by atoms with E-state index < -0.39 is 18.3 Å². The van der Waals surface area contributed by atoms with Crippen LogP contribution in [0.1, 0.15) is 77.6 Å². The molecule has 0 aromatic heterocycles. The van der Waals surface area contributed by atoms with Crippen molar-refractivity contribution < 1.29 is 24.5 Å². The molecule has 0 rings (SSSR count). The fourth-order valence-electron chi connectivity index (χ4n) is 2.80. The second-order valence-electron chi connectivity index (χ2n) is 6.56. The summed E-state index contributed by atoms with van der Waals surface area (Å²) in [5.74, 6) is -0.138. The standard InChI is InChI=1S/C20H38O5/c1-4-5-11-14-17(21)20(25-3)18(22)15-12-9-7-6-8-10-13-16-19(23)24-2/h12,15,17-18,20-22H,4-11,13-14,16H2,1-3H3. The Bertz CT molecular complexity index is 343. The molecular weight excluding hydrogens is 320 g/mol. The minimum absolute atomic E-state index is 0.138. The van der Waals surface area contributed by atoms with Gasteiger partial charge in [0.25, 0.3) is 0 Å². The Morgan fingerprint density at radius 3 is 2.32 bits per heavy atom. The van der Waals surface area contributed by atoms with Gasteiger partial charge in [0.1, 0.15) is 12.2 Å². The van der Waals surface area contributed by atoms with Crippen LogP contribution in [0.15, 0.2) is 12.2 Å². The summed E-state index contributed by atoms with van der Waals surface area (Å²) >= 11 is 0. The highest BCUT2D eigenvalue weighted by molar-refractivity contribution is 5.68. The zero-order valence-electron chi connectivity index (χ0n) is 16.3. The summed E-state index contributed by atoms with van der Waals surface area (Å²) < 4.78 is 9.87. The molecule has 0 saturated heterocycles. The van der Waals surface area contributed by atoms with E-state index in [1.54, 1.807) is 6.08 Å². The number of aliphatic hydroxyl groups is 2. The monoisotopic (exact) mass is 358 g/mol. The predicted octanol–water partition coefficient (Wildman–Crippen LogP) is 3.76. The number of ether oxygens (including phenoxy) is 2. The molecule has 0 fully saturated rings. The zero-order chi connectivity index (χ0) is 18.9. The molecule has 25 heavy (non-hydrogen) atoms. The van der Waals surface area contributed by atoms with Crippen molar-refractivity contribution in [2.75, 3.05) is 14.2 Å². The number of carbonyl (C=O) groups excluding carboxylic acids is 1. The molecule has 0 aliphatic heterocycles. The molecule has 3 unspecified atom stereocenters. The van der Waals surface area contributed by atoms with Crippen molar-refractivity contribution in [1.82, 2.24) is 0 Å². The van der Waals surface area contributed by atoms with Crippen LogP contribution in [-0.2, 0) is 14.3 Å². The summed E-state index contributed by atoms with van der Waals surface area (Å²) in [6, 6.07) is 0. The van der Waals surface area contributed by atoms with E-state index in [2.05, 4.69) is 11.7 Å². The average molecular weight is 359 g/mol. The first-order valence-electron chi connectivity index (χ1n) is 9.69. The van der Waals surface area contributed by atoms with Crippen LogP contribution >= 0.6 is 0 Å². The van der Waals surface area contributed by atoms with E-state index in [0.29, 0.717) is 12.8 Å². The molecule has 0 spiro atoms. The normalized spacial score (nSPS) is 15.2. The van der Waals surface area contributed by atoms with E-state index in [-0.39, 0.29) is 5.97 Å². The number of unbranched alkanes of at least 4 members (excludes halogenated alkanes) is 7. The van der Waals surface area contributed by atoms with Crippen molar-refractivity contribution in [3.63, 3.8) is 0 Å². The highest BCUT2D eigenvalue weighted by atomic mass is 16.5. The van der Waals surface area contributed by atoms with Crippen molar-refractivity contribution >= 4 is 5.97 Å². The third-order valence-electron chi connectivity index (χ3n) is 4.40.